The summed E-state index contributed by atoms with van der Waals surface area (Å²) in [5, 5.41) is 7.97. The van der Waals surface area contributed by atoms with Crippen LogP contribution in [0.15, 0.2) is 30.5 Å². The number of nitrogens with one attached hydrogen (secondary N) is 1. The average molecular weight is 463 g/mol. The molecule has 1 aromatic carbocycles. The largest absolute Gasteiger partial charge is 0.347 e. The van der Waals surface area contributed by atoms with Crippen molar-refractivity contribution >= 4 is 28.3 Å². The summed E-state index contributed by atoms with van der Waals surface area (Å²) in [7, 11) is 0. The summed E-state index contributed by atoms with van der Waals surface area (Å²) in [6.07, 6.45) is 0.866. The summed E-state index contributed by atoms with van der Waals surface area (Å²) in [6.45, 7) is 2.53. The molecule has 1 aliphatic rings. The van der Waals surface area contributed by atoms with E-state index in [0.29, 0.717) is 23.9 Å². The minimum Gasteiger partial charge on any atom is -0.347 e. The van der Waals surface area contributed by atoms with Gasteiger partial charge in [-0.1, -0.05) is 0 Å². The molecule has 32 heavy (non-hydrogen) atoms. The fourth-order valence-corrected chi connectivity index (χ4v) is 4.44. The van der Waals surface area contributed by atoms with Crippen LogP contribution in [0.2, 0.25) is 0 Å². The molecule has 0 radical (unpaired) electrons. The maximum absolute atomic E-state index is 14.9. The lowest BCUT2D eigenvalue weighted by Gasteiger charge is -2.34. The molecule has 4 aromatic rings. The standard InChI is InChI=1S/C20H17F4N7S/c1-10-25-20(32-29-10)30-8-6-15(14(22)9-30)26-19-27-18-12(3-2-7-31(18)28-19)11-4-5-13(21)17(24)16(11)23/h2-5,7,14-15H,6,8-9H2,1H3,(H,26,28). The van der Waals surface area contributed by atoms with Crippen LogP contribution in [0.5, 0.6) is 0 Å². The third-order valence-corrected chi connectivity index (χ3v) is 6.20. The lowest BCUT2D eigenvalue weighted by molar-refractivity contribution is 0.263. The van der Waals surface area contributed by atoms with Gasteiger partial charge < -0.3 is 10.2 Å². The van der Waals surface area contributed by atoms with Gasteiger partial charge in [0, 0.05) is 35.4 Å². The Hall–Kier alpha value is -3.28. The Morgan fingerprint density at radius 1 is 1.09 bits per heavy atom. The van der Waals surface area contributed by atoms with Crippen molar-refractivity contribution in [1.82, 2.24) is 24.0 Å². The number of fused-ring (bicyclic) bond motifs is 1. The molecule has 12 heteroatoms. The van der Waals surface area contributed by atoms with Crippen LogP contribution in [0.3, 0.4) is 0 Å². The van der Waals surface area contributed by atoms with E-state index in [1.54, 1.807) is 19.2 Å². The predicted molar refractivity (Wildman–Crippen MR) is 112 cm³/mol. The number of pyridine rings is 1. The first-order valence-electron chi connectivity index (χ1n) is 9.86. The van der Waals surface area contributed by atoms with Crippen LogP contribution in [-0.4, -0.2) is 49.3 Å². The Morgan fingerprint density at radius 3 is 2.69 bits per heavy atom. The van der Waals surface area contributed by atoms with Gasteiger partial charge in [-0.05, 0) is 37.6 Å². The van der Waals surface area contributed by atoms with Gasteiger partial charge in [0.25, 0.3) is 0 Å². The molecule has 0 amide bonds. The van der Waals surface area contributed by atoms with Crippen molar-refractivity contribution in [3.63, 3.8) is 0 Å². The van der Waals surface area contributed by atoms with E-state index in [9.17, 15) is 17.6 Å². The number of alkyl halides is 1. The summed E-state index contributed by atoms with van der Waals surface area (Å²) in [5.74, 6) is -3.32. The highest BCUT2D eigenvalue weighted by molar-refractivity contribution is 7.09. The van der Waals surface area contributed by atoms with Gasteiger partial charge in [0.2, 0.25) is 11.1 Å². The molecule has 2 atom stereocenters. The highest BCUT2D eigenvalue weighted by Gasteiger charge is 2.31. The molecule has 0 saturated carbocycles. The minimum atomic E-state index is -1.56. The molecule has 1 saturated heterocycles. The zero-order valence-corrected chi connectivity index (χ0v) is 17.6. The van der Waals surface area contributed by atoms with Gasteiger partial charge >= 0.3 is 0 Å². The number of nitrogens with zero attached hydrogens (tertiary/aromatic N) is 6. The zero-order valence-electron chi connectivity index (χ0n) is 16.8. The SMILES string of the molecule is Cc1nsc(N2CCC(Nc3nc4c(-c5ccc(F)c(F)c5F)cccn4n3)C(F)C2)n1. The molecule has 5 rings (SSSR count). The lowest BCUT2D eigenvalue weighted by atomic mass is 10.0. The van der Waals surface area contributed by atoms with E-state index in [0.717, 1.165) is 12.1 Å². The Morgan fingerprint density at radius 2 is 1.94 bits per heavy atom. The maximum atomic E-state index is 14.9. The second-order valence-corrected chi connectivity index (χ2v) is 8.20. The third-order valence-electron chi connectivity index (χ3n) is 5.33. The lowest BCUT2D eigenvalue weighted by Crippen LogP contribution is -2.48. The van der Waals surface area contributed by atoms with Crippen molar-refractivity contribution in [2.45, 2.75) is 25.6 Å². The van der Waals surface area contributed by atoms with Crippen LogP contribution in [0.4, 0.5) is 28.6 Å². The van der Waals surface area contributed by atoms with Crippen LogP contribution in [0, 0.1) is 24.4 Å². The van der Waals surface area contributed by atoms with E-state index in [1.807, 2.05) is 4.90 Å². The first-order valence-corrected chi connectivity index (χ1v) is 10.6. The van der Waals surface area contributed by atoms with Gasteiger partial charge in [-0.3, -0.25) is 0 Å². The monoisotopic (exact) mass is 463 g/mol. The van der Waals surface area contributed by atoms with Gasteiger partial charge in [0.05, 0.1) is 12.6 Å². The molecule has 166 valence electrons. The summed E-state index contributed by atoms with van der Waals surface area (Å²) >= 11 is 1.24. The zero-order chi connectivity index (χ0) is 22.4. The van der Waals surface area contributed by atoms with E-state index in [4.69, 9.17) is 0 Å². The molecule has 0 aliphatic carbocycles. The van der Waals surface area contributed by atoms with E-state index >= 15 is 0 Å². The van der Waals surface area contributed by atoms with Crippen molar-refractivity contribution in [2.75, 3.05) is 23.3 Å². The molecule has 1 N–H and O–H groups in total. The van der Waals surface area contributed by atoms with Crippen molar-refractivity contribution in [3.05, 3.63) is 53.7 Å². The molecular formula is C20H17F4N7S. The van der Waals surface area contributed by atoms with Crippen LogP contribution < -0.4 is 10.2 Å². The summed E-state index contributed by atoms with van der Waals surface area (Å²) in [6, 6.07) is 4.59. The highest BCUT2D eigenvalue weighted by Crippen LogP contribution is 2.30. The summed E-state index contributed by atoms with van der Waals surface area (Å²) in [5.41, 5.74) is 0.331. The maximum Gasteiger partial charge on any atom is 0.243 e. The van der Waals surface area contributed by atoms with Gasteiger partial charge in [0.1, 0.15) is 12.0 Å². The first kappa shape index (κ1) is 20.6. The van der Waals surface area contributed by atoms with Crippen LogP contribution in [-0.2, 0) is 0 Å². The van der Waals surface area contributed by atoms with Crippen molar-refractivity contribution in [3.8, 4) is 11.1 Å². The van der Waals surface area contributed by atoms with E-state index in [-0.39, 0.29) is 29.3 Å². The Balaban J connectivity index is 1.38. The Bertz CT molecular complexity index is 1290. The molecule has 1 fully saturated rings. The topological polar surface area (TPSA) is 71.2 Å². The van der Waals surface area contributed by atoms with Gasteiger partial charge in [0.15, 0.2) is 23.1 Å². The number of piperidine rings is 1. The first-order chi connectivity index (χ1) is 15.4. The number of hydrogen-bond donors (Lipinski definition) is 1. The summed E-state index contributed by atoms with van der Waals surface area (Å²) < 4.78 is 61.8. The van der Waals surface area contributed by atoms with Crippen molar-refractivity contribution in [1.29, 1.82) is 0 Å². The number of aryl methyl sites for hydroxylation is 1. The Labute approximate surface area is 183 Å². The number of hydrogen-bond acceptors (Lipinski definition) is 7. The fraction of sp³-hybridized carbons (Fsp3) is 0.300. The highest BCUT2D eigenvalue weighted by atomic mass is 32.1. The molecule has 0 spiro atoms. The second kappa shape index (κ2) is 8.01. The molecule has 2 unspecified atom stereocenters. The minimum absolute atomic E-state index is 0.141. The smallest absolute Gasteiger partial charge is 0.243 e. The molecular weight excluding hydrogens is 446 g/mol. The predicted octanol–water partition coefficient (Wildman–Crippen LogP) is 4.00. The van der Waals surface area contributed by atoms with Crippen molar-refractivity contribution < 1.29 is 17.6 Å². The second-order valence-electron chi connectivity index (χ2n) is 7.47. The van der Waals surface area contributed by atoms with Crippen LogP contribution in [0.25, 0.3) is 16.8 Å². The molecule has 0 bridgehead atoms. The molecule has 1 aliphatic heterocycles. The quantitative estimate of drug-likeness (QED) is 0.364. The summed E-state index contributed by atoms with van der Waals surface area (Å²) in [4.78, 5) is 10.5. The Kier molecular flexibility index (Phi) is 5.16. The third kappa shape index (κ3) is 3.64. The van der Waals surface area contributed by atoms with Gasteiger partial charge in [-0.25, -0.2) is 27.1 Å². The van der Waals surface area contributed by atoms with Crippen LogP contribution in [0.1, 0.15) is 12.2 Å². The molecule has 3 aromatic heterocycles. The van der Waals surface area contributed by atoms with E-state index in [2.05, 4.69) is 24.8 Å². The van der Waals surface area contributed by atoms with Gasteiger partial charge in [-0.15, -0.1) is 5.10 Å². The average Bonchev–Trinajstić information content (AvgIpc) is 3.39. The van der Waals surface area contributed by atoms with Crippen LogP contribution >= 0.6 is 11.5 Å². The number of anilines is 2. The van der Waals surface area contributed by atoms with E-state index in [1.165, 1.54) is 22.1 Å². The normalized spacial score (nSPS) is 19.0. The van der Waals surface area contributed by atoms with E-state index < -0.39 is 29.7 Å². The number of halogens is 4. The molecule has 7 nitrogen and oxygen atoms in total. The molecule has 4 heterocycles. The number of rotatable bonds is 4. The number of aromatic nitrogens is 5. The number of benzene rings is 1. The van der Waals surface area contributed by atoms with Gasteiger partial charge in [-0.2, -0.15) is 9.36 Å². The van der Waals surface area contributed by atoms with Crippen molar-refractivity contribution in [2.24, 2.45) is 0 Å². The fourth-order valence-electron chi connectivity index (χ4n) is 3.73.